The van der Waals surface area contributed by atoms with Gasteiger partial charge in [0.05, 0.1) is 6.61 Å². The smallest absolute Gasteiger partial charge is 0.409 e. The zero-order valence-electron chi connectivity index (χ0n) is 15.5. The molecule has 1 saturated heterocycles. The summed E-state index contributed by atoms with van der Waals surface area (Å²) in [5.74, 6) is 0.834. The molecule has 4 atom stereocenters. The SMILES string of the molecule is CCOC(=O)N1CCCC(C(C)NC(=O)CCNC(=O)C2CC2C)C1. The number of nitrogens with one attached hydrogen (secondary N) is 2. The number of hydrogen-bond acceptors (Lipinski definition) is 4. The van der Waals surface area contributed by atoms with Crippen LogP contribution in [0.3, 0.4) is 0 Å². The second-order valence-electron chi connectivity index (χ2n) is 7.26. The number of ether oxygens (including phenoxy) is 1. The molecule has 2 N–H and O–H groups in total. The summed E-state index contributed by atoms with van der Waals surface area (Å²) < 4.78 is 5.06. The van der Waals surface area contributed by atoms with Crippen LogP contribution in [0.5, 0.6) is 0 Å². The van der Waals surface area contributed by atoms with Crippen LogP contribution in [0.1, 0.15) is 46.5 Å². The van der Waals surface area contributed by atoms with Gasteiger partial charge in [0.1, 0.15) is 0 Å². The first-order valence-electron chi connectivity index (χ1n) is 9.41. The van der Waals surface area contributed by atoms with Crippen molar-refractivity contribution in [1.82, 2.24) is 15.5 Å². The van der Waals surface area contributed by atoms with Crippen molar-refractivity contribution in [3.63, 3.8) is 0 Å². The van der Waals surface area contributed by atoms with Crippen LogP contribution in [0.15, 0.2) is 0 Å². The van der Waals surface area contributed by atoms with Gasteiger partial charge < -0.3 is 20.3 Å². The Morgan fingerprint density at radius 1 is 1.32 bits per heavy atom. The molecule has 0 spiro atoms. The molecular weight excluding hydrogens is 322 g/mol. The van der Waals surface area contributed by atoms with E-state index < -0.39 is 0 Å². The van der Waals surface area contributed by atoms with Gasteiger partial charge in [-0.1, -0.05) is 6.92 Å². The Labute approximate surface area is 149 Å². The number of amides is 3. The Hall–Kier alpha value is -1.79. The third kappa shape index (κ3) is 5.90. The molecule has 0 aromatic carbocycles. The summed E-state index contributed by atoms with van der Waals surface area (Å²) >= 11 is 0. The van der Waals surface area contributed by atoms with Gasteiger partial charge in [0, 0.05) is 38.0 Å². The van der Waals surface area contributed by atoms with Gasteiger partial charge in [-0.25, -0.2) is 4.79 Å². The first-order valence-corrected chi connectivity index (χ1v) is 9.41. The number of nitrogens with zero attached hydrogens (tertiary/aromatic N) is 1. The van der Waals surface area contributed by atoms with Crippen molar-refractivity contribution in [3.05, 3.63) is 0 Å². The minimum atomic E-state index is -0.275. The molecule has 0 bridgehead atoms. The predicted octanol–water partition coefficient (Wildman–Crippen LogP) is 1.52. The van der Waals surface area contributed by atoms with Crippen LogP contribution in [0.2, 0.25) is 0 Å². The molecule has 142 valence electrons. The predicted molar refractivity (Wildman–Crippen MR) is 93.8 cm³/mol. The Kier molecular flexibility index (Phi) is 7.08. The lowest BCUT2D eigenvalue weighted by molar-refractivity contribution is -0.123. The number of hydrogen-bond donors (Lipinski definition) is 2. The maximum absolute atomic E-state index is 12.1. The maximum atomic E-state index is 12.1. The first kappa shape index (κ1) is 19.5. The van der Waals surface area contributed by atoms with E-state index in [2.05, 4.69) is 17.6 Å². The van der Waals surface area contributed by atoms with Gasteiger partial charge in [-0.05, 0) is 44.9 Å². The molecule has 2 fully saturated rings. The van der Waals surface area contributed by atoms with Gasteiger partial charge in [0.2, 0.25) is 11.8 Å². The van der Waals surface area contributed by atoms with Gasteiger partial charge in [-0.2, -0.15) is 0 Å². The maximum Gasteiger partial charge on any atom is 0.409 e. The summed E-state index contributed by atoms with van der Waals surface area (Å²) in [6.45, 7) is 7.89. The topological polar surface area (TPSA) is 87.7 Å². The van der Waals surface area contributed by atoms with Crippen molar-refractivity contribution in [3.8, 4) is 0 Å². The molecule has 25 heavy (non-hydrogen) atoms. The number of carbonyl (C=O) groups excluding carboxylic acids is 3. The van der Waals surface area contributed by atoms with Crippen LogP contribution in [0, 0.1) is 17.8 Å². The highest BCUT2D eigenvalue weighted by Crippen LogP contribution is 2.37. The molecule has 3 amide bonds. The molecular formula is C18H31N3O4. The molecule has 4 unspecified atom stereocenters. The molecule has 0 aromatic rings. The van der Waals surface area contributed by atoms with Gasteiger partial charge >= 0.3 is 6.09 Å². The van der Waals surface area contributed by atoms with E-state index in [-0.39, 0.29) is 42.2 Å². The molecule has 1 heterocycles. The number of piperidine rings is 1. The highest BCUT2D eigenvalue weighted by Gasteiger charge is 2.38. The molecule has 2 aliphatic rings. The molecule has 7 nitrogen and oxygen atoms in total. The molecule has 2 rings (SSSR count). The second kappa shape index (κ2) is 9.06. The zero-order chi connectivity index (χ0) is 18.4. The standard InChI is InChI=1S/C18H31N3O4/c1-4-25-18(24)21-9-5-6-14(11-21)13(3)20-16(22)7-8-19-17(23)15-10-12(15)2/h12-15H,4-11H2,1-3H3,(H,19,23)(H,20,22). The van der Waals surface area contributed by atoms with Crippen LogP contribution in [0.25, 0.3) is 0 Å². The molecule has 1 aliphatic heterocycles. The van der Waals surface area contributed by atoms with Crippen molar-refractivity contribution in [2.75, 3.05) is 26.2 Å². The number of likely N-dealkylation sites (tertiary alicyclic amines) is 1. The van der Waals surface area contributed by atoms with Gasteiger partial charge in [0.25, 0.3) is 0 Å². The quantitative estimate of drug-likeness (QED) is 0.726. The monoisotopic (exact) mass is 353 g/mol. The molecule has 0 aromatic heterocycles. The average molecular weight is 353 g/mol. The highest BCUT2D eigenvalue weighted by atomic mass is 16.6. The van der Waals surface area contributed by atoms with E-state index >= 15 is 0 Å². The minimum absolute atomic E-state index is 0.0103. The largest absolute Gasteiger partial charge is 0.450 e. The van der Waals surface area contributed by atoms with Gasteiger partial charge in [-0.15, -0.1) is 0 Å². The minimum Gasteiger partial charge on any atom is -0.450 e. The fourth-order valence-corrected chi connectivity index (χ4v) is 3.36. The van der Waals surface area contributed by atoms with Gasteiger partial charge in [-0.3, -0.25) is 9.59 Å². The fraction of sp³-hybridized carbons (Fsp3) is 0.833. The molecule has 1 saturated carbocycles. The van der Waals surface area contributed by atoms with E-state index in [0.29, 0.717) is 32.2 Å². The summed E-state index contributed by atoms with van der Waals surface area (Å²) in [4.78, 5) is 37.4. The second-order valence-corrected chi connectivity index (χ2v) is 7.26. The number of rotatable bonds is 7. The van der Waals surface area contributed by atoms with Crippen LogP contribution >= 0.6 is 0 Å². The Balaban J connectivity index is 1.67. The lowest BCUT2D eigenvalue weighted by Gasteiger charge is -2.35. The highest BCUT2D eigenvalue weighted by molar-refractivity contribution is 5.82. The Morgan fingerprint density at radius 2 is 2.04 bits per heavy atom. The Morgan fingerprint density at radius 3 is 2.68 bits per heavy atom. The molecule has 0 radical (unpaired) electrons. The van der Waals surface area contributed by atoms with Crippen LogP contribution in [-0.2, 0) is 14.3 Å². The Bertz CT molecular complexity index is 497. The van der Waals surface area contributed by atoms with Crippen molar-refractivity contribution in [2.24, 2.45) is 17.8 Å². The summed E-state index contributed by atoms with van der Waals surface area (Å²) in [5.41, 5.74) is 0. The first-order chi connectivity index (χ1) is 11.9. The van der Waals surface area contributed by atoms with Crippen molar-refractivity contribution in [2.45, 2.75) is 52.5 Å². The van der Waals surface area contributed by atoms with Crippen LogP contribution in [-0.4, -0.2) is 55.1 Å². The average Bonchev–Trinajstić information content (AvgIpc) is 3.32. The third-order valence-electron chi connectivity index (χ3n) is 5.18. The lowest BCUT2D eigenvalue weighted by atomic mass is 9.91. The zero-order valence-corrected chi connectivity index (χ0v) is 15.5. The van der Waals surface area contributed by atoms with E-state index in [0.717, 1.165) is 19.3 Å². The van der Waals surface area contributed by atoms with Crippen molar-refractivity contribution < 1.29 is 19.1 Å². The van der Waals surface area contributed by atoms with Crippen LogP contribution < -0.4 is 10.6 Å². The third-order valence-corrected chi connectivity index (χ3v) is 5.18. The molecule has 1 aliphatic carbocycles. The summed E-state index contributed by atoms with van der Waals surface area (Å²) in [7, 11) is 0. The van der Waals surface area contributed by atoms with Crippen LogP contribution in [0.4, 0.5) is 4.79 Å². The number of carbonyl (C=O) groups is 3. The fourth-order valence-electron chi connectivity index (χ4n) is 3.36. The van der Waals surface area contributed by atoms with E-state index in [1.54, 1.807) is 11.8 Å². The van der Waals surface area contributed by atoms with E-state index in [1.807, 2.05) is 6.92 Å². The van der Waals surface area contributed by atoms with E-state index in [1.165, 1.54) is 0 Å². The summed E-state index contributed by atoms with van der Waals surface area (Å²) in [6.07, 6.45) is 2.86. The van der Waals surface area contributed by atoms with E-state index in [4.69, 9.17) is 4.74 Å². The lowest BCUT2D eigenvalue weighted by Crippen LogP contribution is -2.48. The van der Waals surface area contributed by atoms with Crippen molar-refractivity contribution in [1.29, 1.82) is 0 Å². The van der Waals surface area contributed by atoms with Gasteiger partial charge in [0.15, 0.2) is 0 Å². The summed E-state index contributed by atoms with van der Waals surface area (Å²) in [6, 6.07) is -0.0103. The molecule has 7 heteroatoms. The summed E-state index contributed by atoms with van der Waals surface area (Å²) in [5, 5.41) is 5.82. The van der Waals surface area contributed by atoms with E-state index in [9.17, 15) is 14.4 Å². The normalized spacial score (nSPS) is 26.5. The van der Waals surface area contributed by atoms with Crippen molar-refractivity contribution >= 4 is 17.9 Å².